The number of amides is 1. The fraction of sp³-hybridized carbons (Fsp3) is 0.400. The molecule has 1 saturated heterocycles. The van der Waals surface area contributed by atoms with Crippen LogP contribution in [-0.2, 0) is 9.59 Å². The van der Waals surface area contributed by atoms with E-state index in [9.17, 15) is 9.59 Å². The first-order valence-electron chi connectivity index (χ1n) is 6.77. The minimum Gasteiger partial charge on any atom is -0.484 e. The summed E-state index contributed by atoms with van der Waals surface area (Å²) in [6, 6.07) is 7.65. The van der Waals surface area contributed by atoms with Gasteiger partial charge in [-0.3, -0.25) is 4.79 Å². The summed E-state index contributed by atoms with van der Waals surface area (Å²) in [5.41, 5.74) is 0.510. The zero-order valence-electron chi connectivity index (χ0n) is 11.5. The molecule has 1 heterocycles. The molecule has 1 aromatic rings. The lowest BCUT2D eigenvalue weighted by Crippen LogP contribution is -2.49. The number of benzene rings is 1. The summed E-state index contributed by atoms with van der Waals surface area (Å²) >= 11 is 0. The van der Waals surface area contributed by atoms with Crippen molar-refractivity contribution in [1.29, 1.82) is 5.26 Å². The van der Waals surface area contributed by atoms with Gasteiger partial charge < -0.3 is 14.7 Å². The first kappa shape index (κ1) is 14.9. The standard InChI is InChI=1S/C15H16N2O4/c16-9-11-4-6-12(7-5-11)21-10-14(18)17-8-2-1-3-13(17)15(19)20/h4-7,13H,1-3,8,10H2,(H,19,20)/t13-/m1/s1. The molecule has 0 saturated carbocycles. The Bertz CT molecular complexity index is 562. The Labute approximate surface area is 122 Å². The van der Waals surface area contributed by atoms with Crippen molar-refractivity contribution in [1.82, 2.24) is 4.90 Å². The van der Waals surface area contributed by atoms with E-state index in [4.69, 9.17) is 15.1 Å². The van der Waals surface area contributed by atoms with E-state index in [1.807, 2.05) is 6.07 Å². The van der Waals surface area contributed by atoms with Gasteiger partial charge in [0.2, 0.25) is 0 Å². The van der Waals surface area contributed by atoms with Crippen LogP contribution in [0.3, 0.4) is 0 Å². The van der Waals surface area contributed by atoms with Gasteiger partial charge in [0.15, 0.2) is 6.61 Å². The van der Waals surface area contributed by atoms with Crippen LogP contribution < -0.4 is 4.74 Å². The zero-order chi connectivity index (χ0) is 15.2. The summed E-state index contributed by atoms with van der Waals surface area (Å²) in [7, 11) is 0. The fourth-order valence-electron chi connectivity index (χ4n) is 2.34. The van der Waals surface area contributed by atoms with Gasteiger partial charge in [0.05, 0.1) is 11.6 Å². The highest BCUT2D eigenvalue weighted by atomic mass is 16.5. The van der Waals surface area contributed by atoms with Crippen LogP contribution in [0, 0.1) is 11.3 Å². The zero-order valence-corrected chi connectivity index (χ0v) is 11.5. The van der Waals surface area contributed by atoms with Crippen molar-refractivity contribution in [3.05, 3.63) is 29.8 Å². The fourth-order valence-corrected chi connectivity index (χ4v) is 2.34. The molecule has 0 unspecified atom stereocenters. The molecule has 1 N–H and O–H groups in total. The Morgan fingerprint density at radius 2 is 2.05 bits per heavy atom. The lowest BCUT2D eigenvalue weighted by Gasteiger charge is -2.32. The number of aliphatic carboxylic acids is 1. The molecule has 1 aliphatic heterocycles. The molecular formula is C15H16N2O4. The van der Waals surface area contributed by atoms with Crippen LogP contribution in [0.25, 0.3) is 0 Å². The van der Waals surface area contributed by atoms with E-state index in [1.54, 1.807) is 24.3 Å². The van der Waals surface area contributed by atoms with E-state index >= 15 is 0 Å². The second-order valence-electron chi connectivity index (χ2n) is 4.86. The molecule has 1 aromatic carbocycles. The van der Waals surface area contributed by atoms with E-state index in [0.717, 1.165) is 12.8 Å². The first-order chi connectivity index (χ1) is 10.1. The van der Waals surface area contributed by atoms with Crippen molar-refractivity contribution in [3.63, 3.8) is 0 Å². The summed E-state index contributed by atoms with van der Waals surface area (Å²) in [6.45, 7) is 0.252. The number of likely N-dealkylation sites (tertiary alicyclic amines) is 1. The van der Waals surface area contributed by atoms with E-state index in [0.29, 0.717) is 24.3 Å². The van der Waals surface area contributed by atoms with Crippen molar-refractivity contribution in [2.75, 3.05) is 13.2 Å². The molecule has 2 rings (SSSR count). The highest BCUT2D eigenvalue weighted by molar-refractivity contribution is 5.84. The van der Waals surface area contributed by atoms with E-state index in [1.165, 1.54) is 4.90 Å². The molecule has 21 heavy (non-hydrogen) atoms. The highest BCUT2D eigenvalue weighted by Crippen LogP contribution is 2.18. The van der Waals surface area contributed by atoms with Gasteiger partial charge in [-0.2, -0.15) is 5.26 Å². The maximum Gasteiger partial charge on any atom is 0.326 e. The Morgan fingerprint density at radius 1 is 1.33 bits per heavy atom. The minimum absolute atomic E-state index is 0.199. The number of hydrogen-bond donors (Lipinski definition) is 1. The number of hydrogen-bond acceptors (Lipinski definition) is 4. The van der Waals surface area contributed by atoms with E-state index in [-0.39, 0.29) is 12.5 Å². The highest BCUT2D eigenvalue weighted by Gasteiger charge is 2.31. The predicted octanol–water partition coefficient (Wildman–Crippen LogP) is 1.40. The Hall–Kier alpha value is -2.55. The van der Waals surface area contributed by atoms with Crippen molar-refractivity contribution in [3.8, 4) is 11.8 Å². The number of piperidine rings is 1. The molecule has 1 amide bonds. The summed E-state index contributed by atoms with van der Waals surface area (Å²) in [4.78, 5) is 24.6. The molecule has 110 valence electrons. The second-order valence-corrected chi connectivity index (χ2v) is 4.86. The van der Waals surface area contributed by atoms with Crippen molar-refractivity contribution >= 4 is 11.9 Å². The lowest BCUT2D eigenvalue weighted by molar-refractivity contribution is -0.152. The molecule has 0 spiro atoms. The van der Waals surface area contributed by atoms with Crippen LogP contribution in [0.1, 0.15) is 24.8 Å². The van der Waals surface area contributed by atoms with Gasteiger partial charge in [-0.15, -0.1) is 0 Å². The smallest absolute Gasteiger partial charge is 0.326 e. The van der Waals surface area contributed by atoms with Crippen LogP contribution in [0.2, 0.25) is 0 Å². The largest absolute Gasteiger partial charge is 0.484 e. The number of rotatable bonds is 4. The Morgan fingerprint density at radius 3 is 2.67 bits per heavy atom. The van der Waals surface area contributed by atoms with Gasteiger partial charge in [-0.05, 0) is 43.5 Å². The lowest BCUT2D eigenvalue weighted by atomic mass is 10.0. The quantitative estimate of drug-likeness (QED) is 0.904. The van der Waals surface area contributed by atoms with Gasteiger partial charge in [-0.25, -0.2) is 4.79 Å². The summed E-state index contributed by atoms with van der Waals surface area (Å²) in [6.07, 6.45) is 2.11. The normalized spacial score (nSPS) is 17.9. The van der Waals surface area contributed by atoms with Gasteiger partial charge in [0.25, 0.3) is 5.91 Å². The van der Waals surface area contributed by atoms with Crippen molar-refractivity contribution in [2.45, 2.75) is 25.3 Å². The molecule has 0 aliphatic carbocycles. The Balaban J connectivity index is 1.93. The molecular weight excluding hydrogens is 272 g/mol. The number of carboxylic acid groups (broad SMARTS) is 1. The van der Waals surface area contributed by atoms with Crippen LogP contribution >= 0.6 is 0 Å². The summed E-state index contributed by atoms with van der Waals surface area (Å²) < 4.78 is 5.36. The predicted molar refractivity (Wildman–Crippen MR) is 73.6 cm³/mol. The van der Waals surface area contributed by atoms with E-state index in [2.05, 4.69) is 0 Å². The van der Waals surface area contributed by atoms with E-state index < -0.39 is 12.0 Å². The van der Waals surface area contributed by atoms with Gasteiger partial charge in [0, 0.05) is 6.54 Å². The van der Waals surface area contributed by atoms with Crippen molar-refractivity contribution in [2.24, 2.45) is 0 Å². The number of carbonyl (C=O) groups is 2. The molecule has 6 nitrogen and oxygen atoms in total. The number of carbonyl (C=O) groups excluding carboxylic acids is 1. The number of ether oxygens (including phenoxy) is 1. The average molecular weight is 288 g/mol. The van der Waals surface area contributed by atoms with Gasteiger partial charge >= 0.3 is 5.97 Å². The van der Waals surface area contributed by atoms with Gasteiger partial charge in [0.1, 0.15) is 11.8 Å². The van der Waals surface area contributed by atoms with Crippen LogP contribution in [0.5, 0.6) is 5.75 Å². The van der Waals surface area contributed by atoms with Crippen LogP contribution in [0.4, 0.5) is 0 Å². The maximum atomic E-state index is 12.1. The third-order valence-corrected chi connectivity index (χ3v) is 3.45. The summed E-state index contributed by atoms with van der Waals surface area (Å²) in [5, 5.41) is 17.8. The van der Waals surface area contributed by atoms with Gasteiger partial charge in [-0.1, -0.05) is 0 Å². The van der Waals surface area contributed by atoms with Crippen LogP contribution in [0.15, 0.2) is 24.3 Å². The molecule has 1 atom stereocenters. The molecule has 1 fully saturated rings. The maximum absolute atomic E-state index is 12.1. The Kier molecular flexibility index (Phi) is 4.77. The minimum atomic E-state index is -0.971. The van der Waals surface area contributed by atoms with Crippen molar-refractivity contribution < 1.29 is 19.4 Å². The SMILES string of the molecule is N#Cc1ccc(OCC(=O)N2CCCC[C@@H]2C(=O)O)cc1. The third-order valence-electron chi connectivity index (χ3n) is 3.45. The molecule has 0 aromatic heterocycles. The molecule has 0 bridgehead atoms. The molecule has 0 radical (unpaired) electrons. The number of carboxylic acids is 1. The average Bonchev–Trinajstić information content (AvgIpc) is 2.53. The first-order valence-corrected chi connectivity index (χ1v) is 6.77. The molecule has 6 heteroatoms. The van der Waals surface area contributed by atoms with Crippen LogP contribution in [-0.4, -0.2) is 41.1 Å². The monoisotopic (exact) mass is 288 g/mol. The third kappa shape index (κ3) is 3.72. The molecule has 1 aliphatic rings. The number of nitriles is 1. The number of nitrogens with zero attached hydrogens (tertiary/aromatic N) is 2. The second kappa shape index (κ2) is 6.75. The topological polar surface area (TPSA) is 90.6 Å². The summed E-state index contributed by atoms with van der Waals surface area (Å²) in [5.74, 6) is -0.820.